The Kier molecular flexibility index (Phi) is 7.58. The number of nitrogens with zero attached hydrogens (tertiary/aromatic N) is 3. The number of aromatic nitrogens is 3. The van der Waals surface area contributed by atoms with Crippen LogP contribution in [0.2, 0.25) is 0 Å². The van der Waals surface area contributed by atoms with Crippen LogP contribution in [0.3, 0.4) is 0 Å². The molecule has 0 saturated heterocycles. The van der Waals surface area contributed by atoms with Crippen molar-refractivity contribution in [3.05, 3.63) is 35.2 Å². The third-order valence-electron chi connectivity index (χ3n) is 5.52. The van der Waals surface area contributed by atoms with Gasteiger partial charge in [-0.05, 0) is 63.8 Å². The standard InChI is InChI=1S/C22H32N4O2S/c1-5-26-21(17(4)28-19-12-11-15(2)16(3)13-19)24-25-22(26)29-14-20(27)23-18-9-7-6-8-10-18/h11-13,17-18H,5-10,14H2,1-4H3,(H,23,27). The van der Waals surface area contributed by atoms with Crippen molar-refractivity contribution in [3.8, 4) is 5.75 Å². The summed E-state index contributed by atoms with van der Waals surface area (Å²) in [6.07, 6.45) is 5.67. The lowest BCUT2D eigenvalue weighted by Gasteiger charge is -2.22. The Bertz CT molecular complexity index is 830. The van der Waals surface area contributed by atoms with E-state index in [4.69, 9.17) is 4.74 Å². The SMILES string of the molecule is CCn1c(SCC(=O)NC2CCCCC2)nnc1C(C)Oc1ccc(C)c(C)c1. The van der Waals surface area contributed by atoms with Crippen LogP contribution in [-0.4, -0.2) is 32.5 Å². The second-order valence-corrected chi connectivity index (χ2v) is 8.72. The average Bonchev–Trinajstić information content (AvgIpc) is 3.13. The molecule has 1 unspecified atom stereocenters. The van der Waals surface area contributed by atoms with Gasteiger partial charge in [-0.3, -0.25) is 4.79 Å². The van der Waals surface area contributed by atoms with Gasteiger partial charge in [0, 0.05) is 12.6 Å². The maximum atomic E-state index is 12.3. The molecule has 158 valence electrons. The lowest BCUT2D eigenvalue weighted by Crippen LogP contribution is -2.37. The Morgan fingerprint density at radius 3 is 2.69 bits per heavy atom. The molecule has 1 heterocycles. The van der Waals surface area contributed by atoms with Crippen LogP contribution in [0, 0.1) is 13.8 Å². The number of hydrogen-bond acceptors (Lipinski definition) is 5. The van der Waals surface area contributed by atoms with Crippen LogP contribution in [0.4, 0.5) is 0 Å². The third-order valence-corrected chi connectivity index (χ3v) is 6.49. The highest BCUT2D eigenvalue weighted by Crippen LogP contribution is 2.26. The molecule has 6 nitrogen and oxygen atoms in total. The molecule has 1 fully saturated rings. The number of benzene rings is 1. The van der Waals surface area contributed by atoms with Crippen LogP contribution in [-0.2, 0) is 11.3 Å². The summed E-state index contributed by atoms with van der Waals surface area (Å²) in [5.41, 5.74) is 2.44. The van der Waals surface area contributed by atoms with E-state index >= 15 is 0 Å². The van der Waals surface area contributed by atoms with E-state index in [2.05, 4.69) is 42.4 Å². The van der Waals surface area contributed by atoms with Crippen molar-refractivity contribution in [2.24, 2.45) is 0 Å². The molecule has 1 aliphatic rings. The summed E-state index contributed by atoms with van der Waals surface area (Å²) in [4.78, 5) is 12.3. The van der Waals surface area contributed by atoms with Crippen LogP contribution in [0.1, 0.15) is 69.0 Å². The minimum atomic E-state index is -0.227. The highest BCUT2D eigenvalue weighted by molar-refractivity contribution is 7.99. The van der Waals surface area contributed by atoms with Gasteiger partial charge in [0.2, 0.25) is 5.91 Å². The Morgan fingerprint density at radius 1 is 1.24 bits per heavy atom. The Hall–Kier alpha value is -2.02. The smallest absolute Gasteiger partial charge is 0.230 e. The molecule has 29 heavy (non-hydrogen) atoms. The molecule has 1 saturated carbocycles. The van der Waals surface area contributed by atoms with Gasteiger partial charge < -0.3 is 14.6 Å². The molecule has 0 aliphatic heterocycles. The third kappa shape index (κ3) is 5.75. The second-order valence-electron chi connectivity index (χ2n) is 7.78. The van der Waals surface area contributed by atoms with Gasteiger partial charge in [0.05, 0.1) is 5.75 Å². The highest BCUT2D eigenvalue weighted by atomic mass is 32.2. The van der Waals surface area contributed by atoms with Crippen LogP contribution in [0.15, 0.2) is 23.4 Å². The van der Waals surface area contributed by atoms with E-state index in [-0.39, 0.29) is 12.0 Å². The molecule has 3 rings (SSSR count). The normalized spacial score (nSPS) is 15.9. The molecular formula is C22H32N4O2S. The van der Waals surface area contributed by atoms with Gasteiger partial charge in [0.15, 0.2) is 17.1 Å². The van der Waals surface area contributed by atoms with Gasteiger partial charge in [-0.1, -0.05) is 37.1 Å². The van der Waals surface area contributed by atoms with E-state index in [0.717, 1.165) is 36.1 Å². The minimum Gasteiger partial charge on any atom is -0.483 e. The first kappa shape index (κ1) is 21.7. The zero-order valence-corrected chi connectivity index (χ0v) is 18.7. The zero-order valence-electron chi connectivity index (χ0n) is 17.9. The number of amides is 1. The van der Waals surface area contributed by atoms with E-state index in [1.807, 2.05) is 23.6 Å². The van der Waals surface area contributed by atoms with Crippen molar-refractivity contribution < 1.29 is 9.53 Å². The summed E-state index contributed by atoms with van der Waals surface area (Å²) < 4.78 is 8.14. The van der Waals surface area contributed by atoms with E-state index in [1.54, 1.807) is 0 Å². The number of nitrogens with one attached hydrogen (secondary N) is 1. The highest BCUT2D eigenvalue weighted by Gasteiger charge is 2.21. The first-order chi connectivity index (χ1) is 14.0. The summed E-state index contributed by atoms with van der Waals surface area (Å²) in [5, 5.41) is 12.6. The number of aryl methyl sites for hydroxylation is 2. The number of thioether (sulfide) groups is 1. The van der Waals surface area contributed by atoms with Gasteiger partial charge >= 0.3 is 0 Å². The van der Waals surface area contributed by atoms with Crippen molar-refractivity contribution in [3.63, 3.8) is 0 Å². The summed E-state index contributed by atoms with van der Waals surface area (Å²) in [6, 6.07) is 6.43. The summed E-state index contributed by atoms with van der Waals surface area (Å²) in [6.45, 7) is 8.94. The molecule has 7 heteroatoms. The van der Waals surface area contributed by atoms with Crippen molar-refractivity contribution in [2.45, 2.75) is 83.6 Å². The lowest BCUT2D eigenvalue weighted by atomic mass is 9.95. The summed E-state index contributed by atoms with van der Waals surface area (Å²) in [5.74, 6) is 2.04. The predicted molar refractivity (Wildman–Crippen MR) is 116 cm³/mol. The fourth-order valence-electron chi connectivity index (χ4n) is 3.70. The predicted octanol–water partition coefficient (Wildman–Crippen LogP) is 4.60. The first-order valence-corrected chi connectivity index (χ1v) is 11.6. The molecule has 1 atom stereocenters. The molecule has 0 bridgehead atoms. The van der Waals surface area contributed by atoms with Gasteiger partial charge in [-0.15, -0.1) is 10.2 Å². The quantitative estimate of drug-likeness (QED) is 0.637. The maximum absolute atomic E-state index is 12.3. The molecule has 0 spiro atoms. The number of ether oxygens (including phenoxy) is 1. The Morgan fingerprint density at radius 2 is 2.00 bits per heavy atom. The van der Waals surface area contributed by atoms with Gasteiger partial charge in [-0.25, -0.2) is 0 Å². The van der Waals surface area contributed by atoms with E-state index < -0.39 is 0 Å². The fraction of sp³-hybridized carbons (Fsp3) is 0.591. The number of rotatable bonds is 8. The zero-order chi connectivity index (χ0) is 20.8. The average molecular weight is 417 g/mol. The van der Waals surface area contributed by atoms with Crippen LogP contribution < -0.4 is 10.1 Å². The van der Waals surface area contributed by atoms with E-state index in [0.29, 0.717) is 11.8 Å². The monoisotopic (exact) mass is 416 g/mol. The Labute approximate surface area is 177 Å². The second kappa shape index (κ2) is 10.1. The van der Waals surface area contributed by atoms with E-state index in [9.17, 15) is 4.79 Å². The molecule has 1 aromatic carbocycles. The number of hydrogen-bond donors (Lipinski definition) is 1. The van der Waals surface area contributed by atoms with Crippen molar-refractivity contribution in [1.29, 1.82) is 0 Å². The lowest BCUT2D eigenvalue weighted by molar-refractivity contribution is -0.119. The summed E-state index contributed by atoms with van der Waals surface area (Å²) >= 11 is 1.44. The van der Waals surface area contributed by atoms with Gasteiger partial charge in [0.1, 0.15) is 5.75 Å². The molecular weight excluding hydrogens is 384 g/mol. The molecule has 2 aromatic rings. The van der Waals surface area contributed by atoms with Crippen molar-refractivity contribution >= 4 is 17.7 Å². The fourth-order valence-corrected chi connectivity index (χ4v) is 4.52. The number of carbonyl (C=O) groups excluding carboxylic acids is 1. The maximum Gasteiger partial charge on any atom is 0.230 e. The molecule has 1 aliphatic carbocycles. The summed E-state index contributed by atoms with van der Waals surface area (Å²) in [7, 11) is 0. The van der Waals surface area contributed by atoms with Crippen molar-refractivity contribution in [1.82, 2.24) is 20.1 Å². The van der Waals surface area contributed by atoms with Crippen LogP contribution in [0.5, 0.6) is 5.75 Å². The molecule has 0 radical (unpaired) electrons. The molecule has 1 amide bonds. The molecule has 1 aromatic heterocycles. The number of carbonyl (C=O) groups is 1. The molecule has 1 N–H and O–H groups in total. The van der Waals surface area contributed by atoms with Crippen molar-refractivity contribution in [2.75, 3.05) is 5.75 Å². The minimum absolute atomic E-state index is 0.0773. The van der Waals surface area contributed by atoms with Crippen LogP contribution >= 0.6 is 11.8 Å². The topological polar surface area (TPSA) is 69.0 Å². The Balaban J connectivity index is 1.59. The largest absolute Gasteiger partial charge is 0.483 e. The van der Waals surface area contributed by atoms with Gasteiger partial charge in [0.25, 0.3) is 0 Å². The van der Waals surface area contributed by atoms with Gasteiger partial charge in [-0.2, -0.15) is 0 Å². The first-order valence-electron chi connectivity index (χ1n) is 10.6. The van der Waals surface area contributed by atoms with E-state index in [1.165, 1.54) is 42.2 Å². The van der Waals surface area contributed by atoms with Crippen LogP contribution in [0.25, 0.3) is 0 Å².